The number of hydrogen-bond donors (Lipinski definition) is 0. The molecule has 0 radical (unpaired) electrons. The molecule has 10 heavy (non-hydrogen) atoms. The zero-order chi connectivity index (χ0) is 6.10. The van der Waals surface area contributed by atoms with Gasteiger partial charge in [-0.15, -0.1) is 6.07 Å². The first-order chi connectivity index (χ1) is 4.47. The van der Waals surface area contributed by atoms with E-state index in [2.05, 4.69) is 40.8 Å². The van der Waals surface area contributed by atoms with Crippen LogP contribution in [-0.2, 0) is 0 Å². The van der Waals surface area contributed by atoms with Crippen molar-refractivity contribution in [3.8, 4) is 0 Å². The van der Waals surface area contributed by atoms with Crippen molar-refractivity contribution in [2.45, 2.75) is 0 Å². The van der Waals surface area contributed by atoms with Gasteiger partial charge in [0.25, 0.3) is 0 Å². The molecule has 0 aliphatic rings. The van der Waals surface area contributed by atoms with Crippen LogP contribution in [0.5, 0.6) is 0 Å². The molecule has 0 spiro atoms. The Morgan fingerprint density at radius 1 is 0.900 bits per heavy atom. The van der Waals surface area contributed by atoms with Gasteiger partial charge in [0.15, 0.2) is 0 Å². The molecule has 0 saturated heterocycles. The van der Waals surface area contributed by atoms with Gasteiger partial charge < -0.3 is 4.31 Å². The minimum atomic E-state index is 0. The number of nitrogens with zero attached hydrogens (tertiary/aromatic N) is 1. The van der Waals surface area contributed by atoms with Crippen molar-refractivity contribution in [1.29, 1.82) is 0 Å². The molecule has 0 amide bonds. The standard InChI is InChI=1S/C7H7BN.K/c1-2-6-9-7-3-5-8(9)4-1;/h1-7H;/q-1;+1. The Bertz CT molecular complexity index is 288. The summed E-state index contributed by atoms with van der Waals surface area (Å²) in [4.78, 5) is 0. The van der Waals surface area contributed by atoms with Crippen LogP contribution in [0.1, 0.15) is 0 Å². The molecule has 0 bridgehead atoms. The van der Waals surface area contributed by atoms with Crippen LogP contribution in [0.4, 0.5) is 0 Å². The SMILES string of the molecule is [K+].c1ccn2ccc[b-]2c1. The molecule has 1 nitrogen and oxygen atoms in total. The van der Waals surface area contributed by atoms with E-state index in [1.165, 1.54) is 0 Å². The molecular weight excluding hydrogens is 148 g/mol. The molecule has 2 aromatic heterocycles. The third-order valence-electron chi connectivity index (χ3n) is 1.59. The van der Waals surface area contributed by atoms with Crippen molar-refractivity contribution in [1.82, 2.24) is 4.31 Å². The van der Waals surface area contributed by atoms with E-state index >= 15 is 0 Å². The van der Waals surface area contributed by atoms with E-state index in [9.17, 15) is 0 Å². The van der Waals surface area contributed by atoms with Crippen LogP contribution in [0, 0.1) is 0 Å². The summed E-state index contributed by atoms with van der Waals surface area (Å²) in [7, 11) is 0. The largest absolute Gasteiger partial charge is 1.00 e. The normalized spacial score (nSPS) is 9.20. The summed E-state index contributed by atoms with van der Waals surface area (Å²) in [6.45, 7) is 0. The van der Waals surface area contributed by atoms with Gasteiger partial charge in [-0.3, -0.25) is 0 Å². The molecule has 0 aliphatic carbocycles. The molecule has 2 aromatic rings. The minimum absolute atomic E-state index is 0. The van der Waals surface area contributed by atoms with Gasteiger partial charge in [-0.2, -0.15) is 0 Å². The smallest absolute Gasteiger partial charge is 0.540 e. The maximum atomic E-state index is 2.17. The van der Waals surface area contributed by atoms with E-state index in [0.29, 0.717) is 6.30 Å². The van der Waals surface area contributed by atoms with Crippen LogP contribution in [0.3, 0.4) is 0 Å². The maximum Gasteiger partial charge on any atom is 1.00 e. The zero-order valence-electron chi connectivity index (χ0n) is 6.07. The first-order valence-corrected chi connectivity index (χ1v) is 3.11. The molecule has 3 heteroatoms. The second kappa shape index (κ2) is 3.83. The Balaban J connectivity index is 0.000000500. The number of rotatable bonds is 0. The summed E-state index contributed by atoms with van der Waals surface area (Å²) >= 11 is 0. The van der Waals surface area contributed by atoms with Gasteiger partial charge in [-0.05, 0) is 18.7 Å². The predicted octanol–water partition coefficient (Wildman–Crippen LogP) is -1.73. The summed E-state index contributed by atoms with van der Waals surface area (Å²) < 4.78 is 2.17. The minimum Gasteiger partial charge on any atom is -0.540 e. The summed E-state index contributed by atoms with van der Waals surface area (Å²) in [5.41, 5.74) is 0. The van der Waals surface area contributed by atoms with Crippen molar-refractivity contribution in [2.24, 2.45) is 0 Å². The maximum absolute atomic E-state index is 2.17. The van der Waals surface area contributed by atoms with Crippen LogP contribution in [-0.4, -0.2) is 10.6 Å². The molecular formula is C7H7BKN. The first-order valence-electron chi connectivity index (χ1n) is 3.11. The van der Waals surface area contributed by atoms with Crippen molar-refractivity contribution in [3.05, 3.63) is 42.5 Å². The average Bonchev–Trinajstić information content (AvgIpc) is 2.33. The van der Waals surface area contributed by atoms with Crippen LogP contribution in [0.25, 0.3) is 0 Å². The molecule has 2 heterocycles. The third kappa shape index (κ3) is 1.60. The summed E-state index contributed by atoms with van der Waals surface area (Å²) in [6.07, 6.45) is 4.64. The molecule has 0 aliphatic heterocycles. The van der Waals surface area contributed by atoms with Crippen LogP contribution >= 0.6 is 0 Å². The fourth-order valence-electron chi connectivity index (χ4n) is 1.10. The van der Waals surface area contributed by atoms with Crippen LogP contribution < -0.4 is 51.4 Å². The summed E-state index contributed by atoms with van der Waals surface area (Å²) in [5, 5.41) is 0. The average molecular weight is 155 g/mol. The van der Waals surface area contributed by atoms with Crippen molar-refractivity contribution in [3.63, 3.8) is 0 Å². The van der Waals surface area contributed by atoms with Gasteiger partial charge >= 0.3 is 51.4 Å². The second-order valence-corrected chi connectivity index (χ2v) is 2.20. The van der Waals surface area contributed by atoms with Gasteiger partial charge in [0.1, 0.15) is 0 Å². The Hall–Kier alpha value is 0.591. The van der Waals surface area contributed by atoms with Crippen LogP contribution in [0.15, 0.2) is 42.5 Å². The summed E-state index contributed by atoms with van der Waals surface area (Å²) in [5.74, 6) is 4.33. The number of hydrogen-bond acceptors (Lipinski definition) is 0. The first kappa shape index (κ1) is 8.69. The van der Waals surface area contributed by atoms with E-state index in [-0.39, 0.29) is 51.4 Å². The van der Waals surface area contributed by atoms with Gasteiger partial charge in [-0.25, -0.2) is 11.9 Å². The topological polar surface area (TPSA) is 4.41 Å². The van der Waals surface area contributed by atoms with E-state index in [4.69, 9.17) is 0 Å². The molecule has 0 unspecified atom stereocenters. The van der Waals surface area contributed by atoms with Crippen molar-refractivity contribution < 1.29 is 51.4 Å². The Morgan fingerprint density at radius 3 is 2.40 bits per heavy atom. The van der Waals surface area contributed by atoms with Gasteiger partial charge in [0.05, 0.1) is 0 Å². The Morgan fingerprint density at radius 2 is 1.60 bits per heavy atom. The van der Waals surface area contributed by atoms with Gasteiger partial charge in [-0.1, -0.05) is 12.1 Å². The second-order valence-electron chi connectivity index (χ2n) is 2.20. The van der Waals surface area contributed by atoms with E-state index in [1.54, 1.807) is 0 Å². The number of aromatic nitrogens is 1. The predicted molar refractivity (Wildman–Crippen MR) is 38.8 cm³/mol. The summed E-state index contributed by atoms with van der Waals surface area (Å²) in [6, 6.07) is 6.19. The van der Waals surface area contributed by atoms with E-state index in [0.717, 1.165) is 0 Å². The molecule has 0 atom stereocenters. The van der Waals surface area contributed by atoms with E-state index in [1.807, 2.05) is 6.07 Å². The van der Waals surface area contributed by atoms with Gasteiger partial charge in [0, 0.05) is 0 Å². The molecule has 0 N–H and O–H groups in total. The Kier molecular flexibility index (Phi) is 3.33. The molecule has 0 aromatic carbocycles. The molecule has 44 valence electrons. The Labute approximate surface area is 103 Å². The van der Waals surface area contributed by atoms with Crippen molar-refractivity contribution >= 4 is 6.30 Å². The van der Waals surface area contributed by atoms with Gasteiger partial charge in [0.2, 0.25) is 0 Å². The monoisotopic (exact) mass is 155 g/mol. The molecule has 2 rings (SSSR count). The van der Waals surface area contributed by atoms with Crippen LogP contribution in [0.2, 0.25) is 0 Å². The molecule has 0 fully saturated rings. The number of fused-ring (bicyclic) bond motifs is 1. The third-order valence-corrected chi connectivity index (χ3v) is 1.59. The fourth-order valence-corrected chi connectivity index (χ4v) is 1.10. The van der Waals surface area contributed by atoms with E-state index < -0.39 is 0 Å². The molecule has 0 saturated carbocycles. The fraction of sp³-hybridized carbons (Fsp3) is 0. The zero-order valence-corrected chi connectivity index (χ0v) is 9.19. The quantitative estimate of drug-likeness (QED) is 0.398. The van der Waals surface area contributed by atoms with Crippen molar-refractivity contribution in [2.75, 3.05) is 0 Å².